The molecule has 88 valence electrons. The molecule has 0 aromatic carbocycles. The van der Waals surface area contributed by atoms with Crippen LogP contribution >= 0.6 is 0 Å². The van der Waals surface area contributed by atoms with E-state index < -0.39 is 9.84 Å². The topological polar surface area (TPSA) is 46.2 Å². The third-order valence-corrected chi connectivity index (χ3v) is 5.56. The number of rotatable bonds is 2. The van der Waals surface area contributed by atoms with E-state index in [2.05, 4.69) is 12.2 Å². The van der Waals surface area contributed by atoms with Crippen LogP contribution in [0.3, 0.4) is 0 Å². The minimum absolute atomic E-state index is 0.152. The third-order valence-electron chi connectivity index (χ3n) is 3.66. The lowest BCUT2D eigenvalue weighted by molar-refractivity contribution is 0.284. The van der Waals surface area contributed by atoms with E-state index in [4.69, 9.17) is 0 Å². The Morgan fingerprint density at radius 1 is 1.20 bits per heavy atom. The Labute approximate surface area is 92.6 Å². The molecule has 1 saturated heterocycles. The van der Waals surface area contributed by atoms with Crippen LogP contribution in [-0.2, 0) is 9.84 Å². The van der Waals surface area contributed by atoms with Crippen LogP contribution in [0, 0.1) is 0 Å². The van der Waals surface area contributed by atoms with Gasteiger partial charge >= 0.3 is 0 Å². The van der Waals surface area contributed by atoms with Gasteiger partial charge in [-0.05, 0) is 26.2 Å². The van der Waals surface area contributed by atoms with E-state index >= 15 is 0 Å². The van der Waals surface area contributed by atoms with Gasteiger partial charge in [0.25, 0.3) is 0 Å². The van der Waals surface area contributed by atoms with Crippen LogP contribution in [0.25, 0.3) is 0 Å². The second-order valence-electron chi connectivity index (χ2n) is 5.38. The highest BCUT2D eigenvalue weighted by Gasteiger charge is 2.39. The maximum Gasteiger partial charge on any atom is 0.152 e. The Morgan fingerprint density at radius 2 is 1.87 bits per heavy atom. The van der Waals surface area contributed by atoms with Crippen LogP contribution in [0.15, 0.2) is 0 Å². The molecule has 2 fully saturated rings. The molecule has 2 aliphatic rings. The fraction of sp³-hybridized carbons (Fsp3) is 1.00. The van der Waals surface area contributed by atoms with Crippen molar-refractivity contribution >= 4 is 9.84 Å². The van der Waals surface area contributed by atoms with Crippen LogP contribution in [0.4, 0.5) is 0 Å². The fourth-order valence-corrected chi connectivity index (χ4v) is 4.97. The second-order valence-corrected chi connectivity index (χ2v) is 7.57. The van der Waals surface area contributed by atoms with Crippen LogP contribution in [0.2, 0.25) is 0 Å². The molecule has 0 bridgehead atoms. The Kier molecular flexibility index (Phi) is 3.08. The van der Waals surface area contributed by atoms with Crippen molar-refractivity contribution < 1.29 is 8.42 Å². The van der Waals surface area contributed by atoms with Gasteiger partial charge in [0, 0.05) is 11.6 Å². The van der Waals surface area contributed by atoms with Gasteiger partial charge in [0.15, 0.2) is 9.84 Å². The van der Waals surface area contributed by atoms with Gasteiger partial charge in [0.05, 0.1) is 11.5 Å². The van der Waals surface area contributed by atoms with Gasteiger partial charge in [-0.2, -0.15) is 0 Å². The molecule has 3 nitrogen and oxygen atoms in total. The van der Waals surface area contributed by atoms with Gasteiger partial charge in [-0.3, -0.25) is 0 Å². The second kappa shape index (κ2) is 4.06. The smallest absolute Gasteiger partial charge is 0.152 e. The first-order chi connectivity index (χ1) is 6.99. The van der Waals surface area contributed by atoms with Crippen LogP contribution in [0.5, 0.6) is 0 Å². The molecule has 1 N–H and O–H groups in total. The summed E-state index contributed by atoms with van der Waals surface area (Å²) in [5.41, 5.74) is -0.152. The third kappa shape index (κ3) is 2.94. The lowest BCUT2D eigenvalue weighted by atomic mass is 9.92. The summed E-state index contributed by atoms with van der Waals surface area (Å²) >= 11 is 0. The zero-order valence-electron chi connectivity index (χ0n) is 9.46. The molecule has 1 saturated carbocycles. The Bertz CT molecular complexity index is 319. The predicted octanol–water partition coefficient (Wildman–Crippen LogP) is 1.49. The summed E-state index contributed by atoms with van der Waals surface area (Å²) < 4.78 is 22.9. The van der Waals surface area contributed by atoms with Crippen LogP contribution in [-0.4, -0.2) is 31.5 Å². The van der Waals surface area contributed by atoms with Gasteiger partial charge in [0.1, 0.15) is 0 Å². The number of hydrogen-bond acceptors (Lipinski definition) is 3. The minimum Gasteiger partial charge on any atom is -0.308 e. The van der Waals surface area contributed by atoms with Gasteiger partial charge in [-0.1, -0.05) is 19.3 Å². The molecule has 4 heteroatoms. The number of hydrogen-bond donors (Lipinski definition) is 1. The first-order valence-corrected chi connectivity index (χ1v) is 7.79. The average Bonchev–Trinajstić information content (AvgIpc) is 2.42. The SMILES string of the molecule is CC1(NC2CCCCC2)CCS(=O)(=O)C1. The van der Waals surface area contributed by atoms with Crippen molar-refractivity contribution in [2.24, 2.45) is 0 Å². The van der Waals surface area contributed by atoms with E-state index in [-0.39, 0.29) is 5.54 Å². The molecule has 1 atom stereocenters. The summed E-state index contributed by atoms with van der Waals surface area (Å²) in [4.78, 5) is 0. The molecule has 1 unspecified atom stereocenters. The normalized spacial score (nSPS) is 36.9. The summed E-state index contributed by atoms with van der Waals surface area (Å²) in [6.07, 6.45) is 7.14. The maximum atomic E-state index is 11.4. The van der Waals surface area contributed by atoms with Crippen molar-refractivity contribution in [2.45, 2.75) is 57.0 Å². The molecule has 15 heavy (non-hydrogen) atoms. The Balaban J connectivity index is 1.93. The highest BCUT2D eigenvalue weighted by atomic mass is 32.2. The minimum atomic E-state index is -2.77. The molecule has 0 aromatic heterocycles. The first-order valence-electron chi connectivity index (χ1n) is 5.97. The summed E-state index contributed by atoms with van der Waals surface area (Å²) in [7, 11) is -2.77. The van der Waals surface area contributed by atoms with Crippen molar-refractivity contribution in [3.8, 4) is 0 Å². The van der Waals surface area contributed by atoms with E-state index in [0.717, 1.165) is 6.42 Å². The average molecular weight is 231 g/mol. The van der Waals surface area contributed by atoms with Crippen LogP contribution in [0.1, 0.15) is 45.4 Å². The Morgan fingerprint density at radius 3 is 2.40 bits per heavy atom. The fourth-order valence-electron chi connectivity index (χ4n) is 2.86. The molecular weight excluding hydrogens is 210 g/mol. The van der Waals surface area contributed by atoms with E-state index in [1.54, 1.807) is 0 Å². The molecule has 1 heterocycles. The first kappa shape index (κ1) is 11.4. The summed E-state index contributed by atoms with van der Waals surface area (Å²) in [6, 6.07) is 0.553. The molecule has 2 rings (SSSR count). The Hall–Kier alpha value is -0.0900. The molecule has 1 aliphatic heterocycles. The summed E-state index contributed by atoms with van der Waals surface area (Å²) in [6.45, 7) is 2.06. The lowest BCUT2D eigenvalue weighted by Crippen LogP contribution is -2.49. The van der Waals surface area contributed by atoms with E-state index in [9.17, 15) is 8.42 Å². The van der Waals surface area contributed by atoms with Gasteiger partial charge in [-0.25, -0.2) is 8.42 Å². The van der Waals surface area contributed by atoms with Gasteiger partial charge in [0.2, 0.25) is 0 Å². The molecule has 0 spiro atoms. The standard InChI is InChI=1S/C11H21NO2S/c1-11(7-8-15(13,14)9-11)12-10-5-3-2-4-6-10/h10,12H,2-9H2,1H3. The van der Waals surface area contributed by atoms with Gasteiger partial charge < -0.3 is 5.32 Å². The highest BCUT2D eigenvalue weighted by Crippen LogP contribution is 2.26. The molecule has 1 aliphatic carbocycles. The van der Waals surface area contributed by atoms with E-state index in [1.807, 2.05) is 0 Å². The largest absolute Gasteiger partial charge is 0.308 e. The van der Waals surface area contributed by atoms with E-state index in [1.165, 1.54) is 32.1 Å². The molecule has 0 radical (unpaired) electrons. The lowest BCUT2D eigenvalue weighted by Gasteiger charge is -2.32. The highest BCUT2D eigenvalue weighted by molar-refractivity contribution is 7.91. The zero-order valence-corrected chi connectivity index (χ0v) is 10.3. The number of sulfone groups is 1. The summed E-state index contributed by atoms with van der Waals surface area (Å²) in [5, 5.41) is 3.57. The van der Waals surface area contributed by atoms with Crippen molar-refractivity contribution in [1.29, 1.82) is 0 Å². The quantitative estimate of drug-likeness (QED) is 0.783. The monoisotopic (exact) mass is 231 g/mol. The maximum absolute atomic E-state index is 11.4. The molecule has 0 amide bonds. The van der Waals surface area contributed by atoms with Crippen LogP contribution < -0.4 is 5.32 Å². The zero-order chi connectivity index (χ0) is 10.9. The van der Waals surface area contributed by atoms with Crippen molar-refractivity contribution in [3.05, 3.63) is 0 Å². The number of nitrogens with one attached hydrogen (secondary N) is 1. The molecular formula is C11H21NO2S. The van der Waals surface area contributed by atoms with Crippen molar-refractivity contribution in [3.63, 3.8) is 0 Å². The summed E-state index contributed by atoms with van der Waals surface area (Å²) in [5.74, 6) is 0.694. The van der Waals surface area contributed by atoms with Gasteiger partial charge in [-0.15, -0.1) is 0 Å². The molecule has 0 aromatic rings. The predicted molar refractivity (Wildman–Crippen MR) is 61.7 cm³/mol. The van der Waals surface area contributed by atoms with E-state index in [0.29, 0.717) is 17.5 Å². The van der Waals surface area contributed by atoms with Crippen molar-refractivity contribution in [2.75, 3.05) is 11.5 Å². The van der Waals surface area contributed by atoms with Crippen molar-refractivity contribution in [1.82, 2.24) is 5.32 Å².